The zero-order chi connectivity index (χ0) is 23.1. The third kappa shape index (κ3) is 5.56. The topological polar surface area (TPSA) is 59.1 Å². The van der Waals surface area contributed by atoms with E-state index in [0.29, 0.717) is 52.2 Å². The molecule has 2 amide bonds. The Kier molecular flexibility index (Phi) is 7.65. The van der Waals surface area contributed by atoms with E-state index < -0.39 is 5.60 Å². The molecule has 33 heavy (non-hydrogen) atoms. The lowest BCUT2D eigenvalue weighted by Crippen LogP contribution is -2.62. The van der Waals surface area contributed by atoms with Crippen molar-refractivity contribution >= 4 is 11.8 Å². The Morgan fingerprint density at radius 2 is 1.79 bits per heavy atom. The van der Waals surface area contributed by atoms with Crippen LogP contribution in [0.25, 0.3) is 0 Å². The van der Waals surface area contributed by atoms with Crippen molar-refractivity contribution in [1.29, 1.82) is 0 Å². The maximum atomic E-state index is 13.7. The molecule has 1 unspecified atom stereocenters. The normalized spacial score (nSPS) is 22.2. The molecule has 2 aliphatic heterocycles. The number of benzene rings is 2. The molecule has 0 aromatic heterocycles. The van der Waals surface area contributed by atoms with Gasteiger partial charge in [0.05, 0.1) is 26.1 Å². The SMILES string of the molecule is CCN1CCOc2ccccc2CCCCC2(CN(C(=O)Cc3ccccc3)CCO2)C1=O. The number of likely N-dealkylation sites (N-methyl/N-ethyl adjacent to an activating group) is 1. The Morgan fingerprint density at radius 1 is 1.00 bits per heavy atom. The quantitative estimate of drug-likeness (QED) is 0.719. The highest BCUT2D eigenvalue weighted by molar-refractivity contribution is 5.87. The highest BCUT2D eigenvalue weighted by Gasteiger charge is 2.46. The molecular formula is C27H34N2O4. The molecule has 6 heteroatoms. The predicted octanol–water partition coefficient (Wildman–Crippen LogP) is 3.48. The number of fused-ring (bicyclic) bond motifs is 1. The second kappa shape index (κ2) is 10.8. The number of para-hydroxylation sites is 1. The summed E-state index contributed by atoms with van der Waals surface area (Å²) in [6.07, 6.45) is 3.63. The number of rotatable bonds is 3. The van der Waals surface area contributed by atoms with Crippen molar-refractivity contribution in [3.63, 3.8) is 0 Å². The molecule has 0 bridgehead atoms. The van der Waals surface area contributed by atoms with Crippen LogP contribution in [0.15, 0.2) is 54.6 Å². The van der Waals surface area contributed by atoms with Crippen molar-refractivity contribution < 1.29 is 19.1 Å². The van der Waals surface area contributed by atoms with E-state index in [-0.39, 0.29) is 11.8 Å². The van der Waals surface area contributed by atoms with Gasteiger partial charge in [0.2, 0.25) is 5.91 Å². The minimum atomic E-state index is -0.987. The number of nitrogens with zero attached hydrogens (tertiary/aromatic N) is 2. The van der Waals surface area contributed by atoms with E-state index in [2.05, 4.69) is 6.07 Å². The molecule has 0 radical (unpaired) electrons. The standard InChI is InChI=1S/C27H34N2O4/c1-2-28-16-18-32-24-14-7-6-12-23(24)13-8-9-15-27(26(28)31)21-29(17-19-33-27)25(30)20-22-10-4-3-5-11-22/h3-7,10-12,14H,2,8-9,13,15-21H2,1H3. The number of carbonyl (C=O) groups is 2. The number of morpholine rings is 1. The molecule has 1 atom stereocenters. The van der Waals surface area contributed by atoms with E-state index in [1.807, 2.05) is 65.3 Å². The summed E-state index contributed by atoms with van der Waals surface area (Å²) in [5.74, 6) is 0.922. The highest BCUT2D eigenvalue weighted by Crippen LogP contribution is 2.29. The zero-order valence-corrected chi connectivity index (χ0v) is 19.5. The van der Waals surface area contributed by atoms with Gasteiger partial charge in [-0.1, -0.05) is 48.5 Å². The Bertz CT molecular complexity index is 948. The average Bonchev–Trinajstić information content (AvgIpc) is 2.85. The van der Waals surface area contributed by atoms with Crippen LogP contribution < -0.4 is 4.74 Å². The van der Waals surface area contributed by atoms with Gasteiger partial charge in [-0.25, -0.2) is 0 Å². The Balaban J connectivity index is 1.52. The van der Waals surface area contributed by atoms with Crippen LogP contribution in [-0.2, 0) is 27.2 Å². The van der Waals surface area contributed by atoms with Gasteiger partial charge in [-0.2, -0.15) is 0 Å². The molecule has 0 aliphatic carbocycles. The number of hydrogen-bond donors (Lipinski definition) is 0. The Morgan fingerprint density at radius 3 is 2.61 bits per heavy atom. The molecule has 1 spiro atoms. The van der Waals surface area contributed by atoms with Gasteiger partial charge in [-0.3, -0.25) is 9.59 Å². The lowest BCUT2D eigenvalue weighted by atomic mass is 9.90. The van der Waals surface area contributed by atoms with Crippen LogP contribution in [0.3, 0.4) is 0 Å². The van der Waals surface area contributed by atoms with Crippen LogP contribution in [0, 0.1) is 0 Å². The van der Waals surface area contributed by atoms with E-state index in [4.69, 9.17) is 9.47 Å². The zero-order valence-electron chi connectivity index (χ0n) is 19.5. The van der Waals surface area contributed by atoms with Crippen LogP contribution in [-0.4, -0.2) is 66.6 Å². The van der Waals surface area contributed by atoms with Gasteiger partial charge in [0, 0.05) is 13.1 Å². The summed E-state index contributed by atoms with van der Waals surface area (Å²) in [5.41, 5.74) is 1.20. The molecule has 2 heterocycles. The van der Waals surface area contributed by atoms with Crippen LogP contribution in [0.2, 0.25) is 0 Å². The maximum absolute atomic E-state index is 13.7. The summed E-state index contributed by atoms with van der Waals surface area (Å²) in [6.45, 7) is 4.69. The van der Waals surface area contributed by atoms with Gasteiger partial charge < -0.3 is 19.3 Å². The summed E-state index contributed by atoms with van der Waals surface area (Å²) in [7, 11) is 0. The van der Waals surface area contributed by atoms with Crippen molar-refractivity contribution in [3.05, 3.63) is 65.7 Å². The van der Waals surface area contributed by atoms with E-state index in [1.54, 1.807) is 0 Å². The second-order valence-electron chi connectivity index (χ2n) is 8.87. The fraction of sp³-hybridized carbons (Fsp3) is 0.481. The Hall–Kier alpha value is -2.86. The summed E-state index contributed by atoms with van der Waals surface area (Å²) < 4.78 is 12.3. The molecule has 4 rings (SSSR count). The van der Waals surface area contributed by atoms with Gasteiger partial charge in [-0.15, -0.1) is 0 Å². The van der Waals surface area contributed by atoms with Crippen molar-refractivity contribution in [3.8, 4) is 5.75 Å². The van der Waals surface area contributed by atoms with Crippen LogP contribution in [0.4, 0.5) is 0 Å². The second-order valence-corrected chi connectivity index (χ2v) is 8.87. The van der Waals surface area contributed by atoms with Gasteiger partial charge in [0.15, 0.2) is 5.60 Å². The summed E-state index contributed by atoms with van der Waals surface area (Å²) in [4.78, 5) is 30.5. The van der Waals surface area contributed by atoms with Crippen molar-refractivity contribution in [2.75, 3.05) is 39.4 Å². The monoisotopic (exact) mass is 450 g/mol. The molecule has 2 aromatic carbocycles. The molecule has 2 aliphatic rings. The van der Waals surface area contributed by atoms with E-state index >= 15 is 0 Å². The van der Waals surface area contributed by atoms with Gasteiger partial charge >= 0.3 is 0 Å². The van der Waals surface area contributed by atoms with Gasteiger partial charge in [0.25, 0.3) is 5.91 Å². The average molecular weight is 451 g/mol. The van der Waals surface area contributed by atoms with Crippen molar-refractivity contribution in [2.45, 2.75) is 44.6 Å². The first-order chi connectivity index (χ1) is 16.1. The number of ether oxygens (including phenoxy) is 2. The molecule has 176 valence electrons. The fourth-order valence-electron chi connectivity index (χ4n) is 4.80. The molecule has 1 saturated heterocycles. The fourth-order valence-corrected chi connectivity index (χ4v) is 4.80. The summed E-state index contributed by atoms with van der Waals surface area (Å²) >= 11 is 0. The predicted molar refractivity (Wildman–Crippen MR) is 127 cm³/mol. The first-order valence-corrected chi connectivity index (χ1v) is 12.1. The summed E-state index contributed by atoms with van der Waals surface area (Å²) in [6, 6.07) is 17.9. The van der Waals surface area contributed by atoms with Crippen LogP contribution in [0.5, 0.6) is 5.75 Å². The van der Waals surface area contributed by atoms with E-state index in [1.165, 1.54) is 5.56 Å². The molecule has 0 N–H and O–H groups in total. The highest BCUT2D eigenvalue weighted by atomic mass is 16.5. The minimum absolute atomic E-state index is 0.0281. The Labute approximate surface area is 196 Å². The maximum Gasteiger partial charge on any atom is 0.256 e. The largest absolute Gasteiger partial charge is 0.491 e. The summed E-state index contributed by atoms with van der Waals surface area (Å²) in [5, 5.41) is 0. The van der Waals surface area contributed by atoms with E-state index in [9.17, 15) is 9.59 Å². The smallest absolute Gasteiger partial charge is 0.256 e. The van der Waals surface area contributed by atoms with Crippen molar-refractivity contribution in [1.82, 2.24) is 9.80 Å². The number of amides is 2. The van der Waals surface area contributed by atoms with Crippen LogP contribution >= 0.6 is 0 Å². The van der Waals surface area contributed by atoms with Gasteiger partial charge in [0.1, 0.15) is 12.4 Å². The van der Waals surface area contributed by atoms with Crippen molar-refractivity contribution in [2.24, 2.45) is 0 Å². The number of carbonyl (C=O) groups excluding carboxylic acids is 2. The van der Waals surface area contributed by atoms with Crippen LogP contribution in [0.1, 0.15) is 37.3 Å². The van der Waals surface area contributed by atoms with Gasteiger partial charge in [-0.05, 0) is 49.8 Å². The lowest BCUT2D eigenvalue weighted by Gasteiger charge is -2.44. The first kappa shape index (κ1) is 23.3. The first-order valence-electron chi connectivity index (χ1n) is 12.1. The molecule has 1 fully saturated rings. The minimum Gasteiger partial charge on any atom is -0.491 e. The third-order valence-corrected chi connectivity index (χ3v) is 6.66. The number of hydrogen-bond acceptors (Lipinski definition) is 4. The molecule has 0 saturated carbocycles. The molecule has 2 aromatic rings. The lowest BCUT2D eigenvalue weighted by molar-refractivity contribution is -0.176. The van der Waals surface area contributed by atoms with E-state index in [0.717, 1.165) is 30.6 Å². The molecular weight excluding hydrogens is 416 g/mol. The molecule has 6 nitrogen and oxygen atoms in total. The number of aryl methyl sites for hydroxylation is 1. The third-order valence-electron chi connectivity index (χ3n) is 6.66.